The van der Waals surface area contributed by atoms with Crippen LogP contribution in [0.4, 0.5) is 11.5 Å². The van der Waals surface area contributed by atoms with E-state index in [1.54, 1.807) is 11.7 Å². The number of aromatic nitrogens is 2. The Morgan fingerprint density at radius 1 is 1.44 bits per heavy atom. The van der Waals surface area contributed by atoms with Gasteiger partial charge in [0, 0.05) is 19.5 Å². The lowest BCUT2D eigenvalue weighted by molar-refractivity contribution is -0.384. The van der Waals surface area contributed by atoms with E-state index in [-0.39, 0.29) is 16.5 Å². The maximum absolute atomic E-state index is 11.2. The first-order valence-corrected chi connectivity index (χ1v) is 6.33. The van der Waals surface area contributed by atoms with Crippen LogP contribution in [0.2, 0.25) is 0 Å². The van der Waals surface area contributed by atoms with E-state index in [4.69, 9.17) is 0 Å². The van der Waals surface area contributed by atoms with Crippen LogP contribution in [0.1, 0.15) is 45.7 Å². The smallest absolute Gasteiger partial charge is 0.334 e. The number of nitro groups is 1. The van der Waals surface area contributed by atoms with E-state index in [9.17, 15) is 10.1 Å². The Morgan fingerprint density at radius 2 is 2.06 bits per heavy atom. The standard InChI is InChI=1S/C12H22N4O2/c1-6-9(4)7-13-12-11(16(17)18)10(8(2)3)14-15(12)5/h8-9,13H,6-7H2,1-5H3. The second kappa shape index (κ2) is 5.84. The molecule has 1 heterocycles. The molecule has 0 spiro atoms. The van der Waals surface area contributed by atoms with Gasteiger partial charge in [-0.15, -0.1) is 0 Å². The SMILES string of the molecule is CCC(C)CNc1c([N+](=O)[O-])c(C(C)C)nn1C. The normalized spacial score (nSPS) is 12.8. The minimum absolute atomic E-state index is 0.0377. The Morgan fingerprint density at radius 3 is 2.50 bits per heavy atom. The van der Waals surface area contributed by atoms with E-state index < -0.39 is 0 Å². The van der Waals surface area contributed by atoms with Gasteiger partial charge in [-0.3, -0.25) is 10.1 Å². The third-order valence-electron chi connectivity index (χ3n) is 3.09. The molecule has 1 rings (SSSR count). The highest BCUT2D eigenvalue weighted by Crippen LogP contribution is 2.32. The van der Waals surface area contributed by atoms with Gasteiger partial charge in [0.25, 0.3) is 0 Å². The zero-order valence-electron chi connectivity index (χ0n) is 11.7. The Hall–Kier alpha value is -1.59. The van der Waals surface area contributed by atoms with E-state index in [1.165, 1.54) is 0 Å². The molecule has 0 saturated heterocycles. The molecule has 1 aromatic rings. The van der Waals surface area contributed by atoms with Crippen LogP contribution in [0.25, 0.3) is 0 Å². The number of hydrogen-bond donors (Lipinski definition) is 1. The summed E-state index contributed by atoms with van der Waals surface area (Å²) in [5.41, 5.74) is 0.643. The van der Waals surface area contributed by atoms with Gasteiger partial charge in [0.1, 0.15) is 5.69 Å². The Kier molecular flexibility index (Phi) is 4.69. The molecule has 0 amide bonds. The van der Waals surface area contributed by atoms with Gasteiger partial charge in [0.05, 0.1) is 4.92 Å². The van der Waals surface area contributed by atoms with Crippen molar-refractivity contribution in [2.45, 2.75) is 40.0 Å². The van der Waals surface area contributed by atoms with Gasteiger partial charge >= 0.3 is 5.69 Å². The molecule has 1 N–H and O–H groups in total. The summed E-state index contributed by atoms with van der Waals surface area (Å²) in [5, 5.41) is 18.6. The summed E-state index contributed by atoms with van der Waals surface area (Å²) in [6.07, 6.45) is 1.04. The summed E-state index contributed by atoms with van der Waals surface area (Å²) in [6.45, 7) is 8.75. The summed E-state index contributed by atoms with van der Waals surface area (Å²) >= 11 is 0. The fourth-order valence-corrected chi connectivity index (χ4v) is 1.72. The molecular weight excluding hydrogens is 232 g/mol. The van der Waals surface area contributed by atoms with Gasteiger partial charge in [-0.2, -0.15) is 5.10 Å². The minimum Gasteiger partial charge on any atom is -0.364 e. The van der Waals surface area contributed by atoms with Gasteiger partial charge in [-0.05, 0) is 5.92 Å². The van der Waals surface area contributed by atoms with E-state index >= 15 is 0 Å². The van der Waals surface area contributed by atoms with Crippen LogP contribution in [0.5, 0.6) is 0 Å². The van der Waals surface area contributed by atoms with Crippen molar-refractivity contribution in [2.24, 2.45) is 13.0 Å². The van der Waals surface area contributed by atoms with Crippen molar-refractivity contribution >= 4 is 11.5 Å². The fourth-order valence-electron chi connectivity index (χ4n) is 1.72. The fraction of sp³-hybridized carbons (Fsp3) is 0.750. The topological polar surface area (TPSA) is 73.0 Å². The molecule has 1 unspecified atom stereocenters. The number of rotatable bonds is 6. The van der Waals surface area contributed by atoms with Gasteiger partial charge in [0.15, 0.2) is 0 Å². The summed E-state index contributed by atoms with van der Waals surface area (Å²) in [5.74, 6) is 1.02. The Balaban J connectivity index is 3.06. The zero-order chi connectivity index (χ0) is 13.9. The number of anilines is 1. The monoisotopic (exact) mass is 254 g/mol. The van der Waals surface area contributed by atoms with E-state index in [0.29, 0.717) is 24.0 Å². The summed E-state index contributed by atoms with van der Waals surface area (Å²) in [6, 6.07) is 0. The number of nitrogens with one attached hydrogen (secondary N) is 1. The molecule has 0 saturated carbocycles. The first-order valence-electron chi connectivity index (χ1n) is 6.33. The number of aryl methyl sites for hydroxylation is 1. The maximum Gasteiger partial charge on any atom is 0.334 e. The predicted molar refractivity (Wildman–Crippen MR) is 71.9 cm³/mol. The van der Waals surface area contributed by atoms with Crippen molar-refractivity contribution in [1.29, 1.82) is 0 Å². The van der Waals surface area contributed by atoms with Crippen LogP contribution in [0.15, 0.2) is 0 Å². The Labute approximate surface area is 108 Å². The molecule has 0 fully saturated rings. The van der Waals surface area contributed by atoms with Crippen molar-refractivity contribution in [3.05, 3.63) is 15.8 Å². The van der Waals surface area contributed by atoms with Gasteiger partial charge in [-0.1, -0.05) is 34.1 Å². The molecule has 0 bridgehead atoms. The lowest BCUT2D eigenvalue weighted by Crippen LogP contribution is -2.13. The van der Waals surface area contributed by atoms with Crippen molar-refractivity contribution in [1.82, 2.24) is 9.78 Å². The van der Waals surface area contributed by atoms with Crippen LogP contribution >= 0.6 is 0 Å². The summed E-state index contributed by atoms with van der Waals surface area (Å²) in [7, 11) is 1.73. The second-order valence-corrected chi connectivity index (χ2v) is 5.01. The van der Waals surface area contributed by atoms with E-state index in [2.05, 4.69) is 24.3 Å². The first-order chi connectivity index (χ1) is 8.38. The van der Waals surface area contributed by atoms with Crippen LogP contribution in [-0.2, 0) is 7.05 Å². The molecule has 102 valence electrons. The summed E-state index contributed by atoms with van der Waals surface area (Å²) < 4.78 is 1.57. The third kappa shape index (κ3) is 3.00. The van der Waals surface area contributed by atoms with Crippen LogP contribution in [0, 0.1) is 16.0 Å². The zero-order valence-corrected chi connectivity index (χ0v) is 11.7. The average molecular weight is 254 g/mol. The highest BCUT2D eigenvalue weighted by atomic mass is 16.6. The highest BCUT2D eigenvalue weighted by molar-refractivity contribution is 5.60. The van der Waals surface area contributed by atoms with Crippen molar-refractivity contribution in [3.8, 4) is 0 Å². The van der Waals surface area contributed by atoms with Crippen molar-refractivity contribution in [2.75, 3.05) is 11.9 Å². The quantitative estimate of drug-likeness (QED) is 0.625. The number of nitrogens with zero attached hydrogens (tertiary/aromatic N) is 3. The molecular formula is C12H22N4O2. The van der Waals surface area contributed by atoms with Gasteiger partial charge in [0.2, 0.25) is 5.82 Å². The molecule has 6 nitrogen and oxygen atoms in total. The lowest BCUT2D eigenvalue weighted by atomic mass is 10.1. The highest BCUT2D eigenvalue weighted by Gasteiger charge is 2.28. The molecule has 0 aliphatic carbocycles. The van der Waals surface area contributed by atoms with Crippen LogP contribution < -0.4 is 5.32 Å². The first kappa shape index (κ1) is 14.5. The predicted octanol–water partition coefficient (Wildman–Crippen LogP) is 2.91. The van der Waals surface area contributed by atoms with Gasteiger partial charge < -0.3 is 5.32 Å². The Bertz CT molecular complexity index is 426. The molecule has 18 heavy (non-hydrogen) atoms. The molecule has 0 radical (unpaired) electrons. The van der Waals surface area contributed by atoms with Crippen molar-refractivity contribution in [3.63, 3.8) is 0 Å². The van der Waals surface area contributed by atoms with E-state index in [1.807, 2.05) is 13.8 Å². The maximum atomic E-state index is 11.2. The molecule has 0 aromatic carbocycles. The molecule has 0 aliphatic heterocycles. The van der Waals surface area contributed by atoms with Crippen molar-refractivity contribution < 1.29 is 4.92 Å². The second-order valence-electron chi connectivity index (χ2n) is 5.01. The molecule has 0 aliphatic rings. The van der Waals surface area contributed by atoms with E-state index in [0.717, 1.165) is 6.42 Å². The average Bonchev–Trinajstić information content (AvgIpc) is 2.63. The molecule has 1 atom stereocenters. The summed E-state index contributed by atoms with van der Waals surface area (Å²) in [4.78, 5) is 10.8. The van der Waals surface area contributed by atoms with Gasteiger partial charge in [-0.25, -0.2) is 4.68 Å². The third-order valence-corrected chi connectivity index (χ3v) is 3.09. The van der Waals surface area contributed by atoms with Crippen LogP contribution in [-0.4, -0.2) is 21.2 Å². The number of hydrogen-bond acceptors (Lipinski definition) is 4. The minimum atomic E-state index is -0.346. The molecule has 1 aromatic heterocycles. The molecule has 6 heteroatoms. The lowest BCUT2D eigenvalue weighted by Gasteiger charge is -2.10. The largest absolute Gasteiger partial charge is 0.364 e. The van der Waals surface area contributed by atoms with Crippen LogP contribution in [0.3, 0.4) is 0 Å².